The van der Waals surface area contributed by atoms with Crippen molar-refractivity contribution in [3.05, 3.63) is 53.3 Å². The number of carbonyl (C=O) groups excluding carboxylic acids is 1. The summed E-state index contributed by atoms with van der Waals surface area (Å²) in [6.45, 7) is 4.01. The minimum absolute atomic E-state index is 0.174. The number of nitrogens with one attached hydrogen (secondary N) is 1. The zero-order valence-electron chi connectivity index (χ0n) is 13.7. The van der Waals surface area contributed by atoms with Crippen molar-refractivity contribution in [2.75, 3.05) is 5.32 Å². The lowest BCUT2D eigenvalue weighted by Crippen LogP contribution is -2.12. The number of hydrogen-bond acceptors (Lipinski definition) is 5. The molecule has 1 N–H and O–H groups in total. The molecule has 3 aromatic rings. The van der Waals surface area contributed by atoms with Gasteiger partial charge in [-0.1, -0.05) is 0 Å². The molecule has 0 aliphatic carbocycles. The maximum atomic E-state index is 12.4. The van der Waals surface area contributed by atoms with Crippen molar-refractivity contribution in [2.45, 2.75) is 19.9 Å². The second-order valence-corrected chi connectivity index (χ2v) is 5.76. The molecule has 0 saturated carbocycles. The molecule has 25 heavy (non-hydrogen) atoms. The predicted octanol–water partition coefficient (Wildman–Crippen LogP) is 3.01. The Balaban J connectivity index is 1.88. The highest BCUT2D eigenvalue weighted by molar-refractivity contribution is 6.05. The zero-order chi connectivity index (χ0) is 18.0. The Labute approximate surface area is 144 Å². The van der Waals surface area contributed by atoms with E-state index < -0.39 is 0 Å². The molecule has 2 aromatic heterocycles. The fourth-order valence-corrected chi connectivity index (χ4v) is 2.46. The van der Waals surface area contributed by atoms with E-state index in [0.717, 1.165) is 11.0 Å². The molecule has 3 rings (SSSR count). The molecule has 0 fully saturated rings. The Morgan fingerprint density at radius 3 is 2.60 bits per heavy atom. The molecule has 0 spiro atoms. The molecule has 0 atom stereocenters. The standard InChI is InChI=1S/C18H14N6O/c1-11(2)24-17-14(10-22-24)5-15(9-21-17)18(25)23-16-4-3-12(7-19)13(6-16)8-20/h3-6,9-11H,1-2H3,(H,23,25). The molecule has 7 nitrogen and oxygen atoms in total. The number of anilines is 1. The minimum Gasteiger partial charge on any atom is -0.322 e. The van der Waals surface area contributed by atoms with Gasteiger partial charge in [0.15, 0.2) is 5.65 Å². The van der Waals surface area contributed by atoms with Crippen molar-refractivity contribution in [1.29, 1.82) is 10.5 Å². The lowest BCUT2D eigenvalue weighted by molar-refractivity contribution is 0.102. The first kappa shape index (κ1) is 16.2. The van der Waals surface area contributed by atoms with Crippen LogP contribution in [0.15, 0.2) is 36.7 Å². The van der Waals surface area contributed by atoms with Gasteiger partial charge in [0.25, 0.3) is 5.91 Å². The summed E-state index contributed by atoms with van der Waals surface area (Å²) in [4.78, 5) is 16.8. The molecule has 7 heteroatoms. The summed E-state index contributed by atoms with van der Waals surface area (Å²) < 4.78 is 1.79. The Kier molecular flexibility index (Phi) is 4.15. The number of nitrogens with zero attached hydrogens (tertiary/aromatic N) is 5. The average Bonchev–Trinajstić information content (AvgIpc) is 3.04. The number of aromatic nitrogens is 3. The van der Waals surface area contributed by atoms with Gasteiger partial charge in [0, 0.05) is 23.3 Å². The van der Waals surface area contributed by atoms with Gasteiger partial charge in [-0.15, -0.1) is 0 Å². The van der Waals surface area contributed by atoms with Crippen LogP contribution in [0.5, 0.6) is 0 Å². The fraction of sp³-hybridized carbons (Fsp3) is 0.167. The summed E-state index contributed by atoms with van der Waals surface area (Å²) >= 11 is 0. The van der Waals surface area contributed by atoms with Gasteiger partial charge in [0.05, 0.1) is 22.9 Å². The third-order valence-corrected chi connectivity index (χ3v) is 3.70. The van der Waals surface area contributed by atoms with E-state index in [4.69, 9.17) is 10.5 Å². The van der Waals surface area contributed by atoms with Gasteiger partial charge in [-0.05, 0) is 38.1 Å². The smallest absolute Gasteiger partial charge is 0.257 e. The quantitative estimate of drug-likeness (QED) is 0.794. The topological polar surface area (TPSA) is 107 Å². The summed E-state index contributed by atoms with van der Waals surface area (Å²) in [6, 6.07) is 10.3. The second kappa shape index (κ2) is 6.42. The first-order chi connectivity index (χ1) is 12.0. The van der Waals surface area contributed by atoms with E-state index in [1.807, 2.05) is 26.0 Å². The SMILES string of the molecule is CC(C)n1ncc2cc(C(=O)Nc3ccc(C#N)c(C#N)c3)cnc21. The van der Waals surface area contributed by atoms with Crippen LogP contribution in [0.25, 0.3) is 11.0 Å². The number of pyridine rings is 1. The zero-order valence-corrected chi connectivity index (χ0v) is 13.7. The van der Waals surface area contributed by atoms with E-state index in [-0.39, 0.29) is 23.1 Å². The Hall–Kier alpha value is -3.71. The molecule has 1 aromatic carbocycles. The van der Waals surface area contributed by atoms with Gasteiger partial charge >= 0.3 is 0 Å². The Morgan fingerprint density at radius 1 is 1.16 bits per heavy atom. The summed E-state index contributed by atoms with van der Waals surface area (Å²) in [6.07, 6.45) is 3.17. The highest BCUT2D eigenvalue weighted by Gasteiger charge is 2.13. The van der Waals surface area contributed by atoms with E-state index in [0.29, 0.717) is 11.3 Å². The van der Waals surface area contributed by atoms with Gasteiger partial charge < -0.3 is 5.32 Å². The van der Waals surface area contributed by atoms with Crippen LogP contribution in [0, 0.1) is 22.7 Å². The highest BCUT2D eigenvalue weighted by Crippen LogP contribution is 2.19. The molecule has 1 amide bonds. The third-order valence-electron chi connectivity index (χ3n) is 3.70. The van der Waals surface area contributed by atoms with Crippen molar-refractivity contribution in [3.8, 4) is 12.1 Å². The first-order valence-electron chi connectivity index (χ1n) is 7.62. The molecule has 0 bridgehead atoms. The molecule has 0 aliphatic heterocycles. The lowest BCUT2D eigenvalue weighted by atomic mass is 10.1. The fourth-order valence-electron chi connectivity index (χ4n) is 2.46. The van der Waals surface area contributed by atoms with Gasteiger partial charge in [-0.25, -0.2) is 9.67 Å². The largest absolute Gasteiger partial charge is 0.322 e. The number of benzene rings is 1. The number of hydrogen-bond donors (Lipinski definition) is 1. The molecule has 2 heterocycles. The maximum absolute atomic E-state index is 12.4. The molecular formula is C18H14N6O. The minimum atomic E-state index is -0.347. The van der Waals surface area contributed by atoms with Gasteiger partial charge in [0.1, 0.15) is 12.1 Å². The summed E-state index contributed by atoms with van der Waals surface area (Å²) in [5.41, 5.74) is 2.03. The number of nitriles is 2. The summed E-state index contributed by atoms with van der Waals surface area (Å²) in [7, 11) is 0. The molecule has 0 unspecified atom stereocenters. The van der Waals surface area contributed by atoms with Crippen LogP contribution in [0.1, 0.15) is 41.4 Å². The number of carbonyl (C=O) groups is 1. The highest BCUT2D eigenvalue weighted by atomic mass is 16.1. The summed E-state index contributed by atoms with van der Waals surface area (Å²) in [5, 5.41) is 25.8. The predicted molar refractivity (Wildman–Crippen MR) is 91.7 cm³/mol. The molecule has 122 valence electrons. The molecule has 0 radical (unpaired) electrons. The van der Waals surface area contributed by atoms with Gasteiger partial charge in [-0.2, -0.15) is 15.6 Å². The van der Waals surface area contributed by atoms with Gasteiger partial charge in [0.2, 0.25) is 0 Å². The van der Waals surface area contributed by atoms with Crippen molar-refractivity contribution < 1.29 is 4.79 Å². The molecule has 0 aliphatic rings. The van der Waals surface area contributed by atoms with E-state index in [2.05, 4.69) is 15.4 Å². The third kappa shape index (κ3) is 3.04. The van der Waals surface area contributed by atoms with Crippen LogP contribution < -0.4 is 5.32 Å². The number of fused-ring (bicyclic) bond motifs is 1. The van der Waals surface area contributed by atoms with E-state index >= 15 is 0 Å². The van der Waals surface area contributed by atoms with Crippen molar-refractivity contribution >= 4 is 22.6 Å². The second-order valence-electron chi connectivity index (χ2n) is 5.76. The number of rotatable bonds is 3. The monoisotopic (exact) mass is 330 g/mol. The maximum Gasteiger partial charge on any atom is 0.257 e. The van der Waals surface area contributed by atoms with Crippen LogP contribution in [-0.4, -0.2) is 20.7 Å². The van der Waals surface area contributed by atoms with Crippen LogP contribution in [0.4, 0.5) is 5.69 Å². The average molecular weight is 330 g/mol. The Bertz CT molecular complexity index is 1050. The van der Waals surface area contributed by atoms with Crippen LogP contribution in [-0.2, 0) is 0 Å². The Morgan fingerprint density at radius 2 is 1.92 bits per heavy atom. The molecule has 0 saturated heterocycles. The van der Waals surface area contributed by atoms with Crippen molar-refractivity contribution in [2.24, 2.45) is 0 Å². The van der Waals surface area contributed by atoms with Crippen LogP contribution in [0.3, 0.4) is 0 Å². The van der Waals surface area contributed by atoms with Gasteiger partial charge in [-0.3, -0.25) is 4.79 Å². The van der Waals surface area contributed by atoms with Crippen molar-refractivity contribution in [3.63, 3.8) is 0 Å². The van der Waals surface area contributed by atoms with E-state index in [1.165, 1.54) is 18.3 Å². The summed E-state index contributed by atoms with van der Waals surface area (Å²) in [5.74, 6) is -0.347. The normalized spacial score (nSPS) is 10.4. The lowest BCUT2D eigenvalue weighted by Gasteiger charge is -2.08. The van der Waals surface area contributed by atoms with E-state index in [1.54, 1.807) is 23.0 Å². The number of amides is 1. The first-order valence-corrected chi connectivity index (χ1v) is 7.62. The van der Waals surface area contributed by atoms with E-state index in [9.17, 15) is 4.79 Å². The molecular weight excluding hydrogens is 316 g/mol. The van der Waals surface area contributed by atoms with Crippen molar-refractivity contribution in [1.82, 2.24) is 14.8 Å². The van der Waals surface area contributed by atoms with Crippen LogP contribution >= 0.6 is 0 Å². The van der Waals surface area contributed by atoms with Crippen LogP contribution in [0.2, 0.25) is 0 Å².